The summed E-state index contributed by atoms with van der Waals surface area (Å²) in [6.45, 7) is 8.87. The molecule has 1 N–H and O–H groups in total. The monoisotopic (exact) mass is 269 g/mol. The number of aliphatic carboxylic acids is 1. The van der Waals surface area contributed by atoms with Crippen LogP contribution < -0.4 is 0 Å². The zero-order valence-electron chi connectivity index (χ0n) is 12.6. The third-order valence-corrected chi connectivity index (χ3v) is 3.87. The third kappa shape index (κ3) is 4.22. The van der Waals surface area contributed by atoms with Crippen molar-refractivity contribution < 1.29 is 14.7 Å². The summed E-state index contributed by atoms with van der Waals surface area (Å²) < 4.78 is 0. The van der Waals surface area contributed by atoms with Gasteiger partial charge < -0.3 is 10.0 Å². The van der Waals surface area contributed by atoms with Crippen molar-refractivity contribution in [2.75, 3.05) is 6.54 Å². The van der Waals surface area contributed by atoms with Gasteiger partial charge in [0, 0.05) is 12.6 Å². The number of nitrogens with zero attached hydrogens (tertiary/aromatic N) is 1. The smallest absolute Gasteiger partial charge is 0.307 e. The van der Waals surface area contributed by atoms with Crippen molar-refractivity contribution >= 4 is 11.9 Å². The maximum absolute atomic E-state index is 12.7. The van der Waals surface area contributed by atoms with Gasteiger partial charge >= 0.3 is 5.97 Å². The van der Waals surface area contributed by atoms with E-state index in [2.05, 4.69) is 13.8 Å². The molecule has 0 aliphatic heterocycles. The summed E-state index contributed by atoms with van der Waals surface area (Å²) in [5, 5.41) is 9.29. The molecule has 1 aliphatic carbocycles. The van der Waals surface area contributed by atoms with Crippen molar-refractivity contribution in [2.45, 2.75) is 59.4 Å². The average Bonchev–Trinajstić information content (AvgIpc) is 2.34. The molecule has 0 aromatic carbocycles. The molecule has 1 aliphatic rings. The minimum absolute atomic E-state index is 0.0378. The maximum Gasteiger partial charge on any atom is 0.307 e. The molecule has 0 spiro atoms. The van der Waals surface area contributed by atoms with Gasteiger partial charge in [-0.2, -0.15) is 0 Å². The molecule has 4 nitrogen and oxygen atoms in total. The van der Waals surface area contributed by atoms with E-state index >= 15 is 0 Å². The van der Waals surface area contributed by atoms with Crippen LogP contribution in [0, 0.1) is 17.8 Å². The molecule has 19 heavy (non-hydrogen) atoms. The molecular formula is C15H27NO3. The highest BCUT2D eigenvalue weighted by Crippen LogP contribution is 2.32. The van der Waals surface area contributed by atoms with Crippen molar-refractivity contribution in [1.29, 1.82) is 0 Å². The van der Waals surface area contributed by atoms with E-state index in [4.69, 9.17) is 0 Å². The first-order chi connectivity index (χ1) is 8.84. The first-order valence-corrected chi connectivity index (χ1v) is 7.37. The van der Waals surface area contributed by atoms with E-state index in [0.29, 0.717) is 18.9 Å². The first kappa shape index (κ1) is 16.0. The van der Waals surface area contributed by atoms with Crippen LogP contribution >= 0.6 is 0 Å². The summed E-state index contributed by atoms with van der Waals surface area (Å²) in [6, 6.07) is 0.131. The quantitative estimate of drug-likeness (QED) is 0.835. The van der Waals surface area contributed by atoms with Gasteiger partial charge in [0.1, 0.15) is 0 Å². The van der Waals surface area contributed by atoms with Crippen LogP contribution in [-0.4, -0.2) is 34.5 Å². The summed E-state index contributed by atoms with van der Waals surface area (Å²) in [4.78, 5) is 25.8. The molecule has 110 valence electrons. The van der Waals surface area contributed by atoms with Gasteiger partial charge in [-0.05, 0) is 32.6 Å². The number of carbonyl (C=O) groups is 2. The largest absolute Gasteiger partial charge is 0.481 e. The lowest BCUT2D eigenvalue weighted by molar-refractivity contribution is -0.153. The zero-order chi connectivity index (χ0) is 14.6. The standard InChI is InChI=1S/C15H27NO3/c1-10(2)9-16(11(3)4)14(17)12-7-5-6-8-13(12)15(18)19/h10-13H,5-9H2,1-4H3,(H,18,19)/t12-,13-/m0/s1. The molecule has 0 saturated heterocycles. The van der Waals surface area contributed by atoms with E-state index in [1.54, 1.807) is 0 Å². The predicted octanol–water partition coefficient (Wildman–Crippen LogP) is 2.77. The van der Waals surface area contributed by atoms with Crippen LogP contribution in [0.2, 0.25) is 0 Å². The third-order valence-electron chi connectivity index (χ3n) is 3.87. The Labute approximate surface area is 116 Å². The SMILES string of the molecule is CC(C)CN(C(=O)[C@H]1CCCC[C@@H]1C(=O)O)C(C)C. The van der Waals surface area contributed by atoms with Crippen LogP contribution in [0.15, 0.2) is 0 Å². The summed E-state index contributed by atoms with van der Waals surface area (Å²) in [7, 11) is 0. The van der Waals surface area contributed by atoms with E-state index < -0.39 is 11.9 Å². The topological polar surface area (TPSA) is 57.6 Å². The van der Waals surface area contributed by atoms with Crippen LogP contribution in [0.4, 0.5) is 0 Å². The molecule has 1 saturated carbocycles. The Morgan fingerprint density at radius 2 is 1.63 bits per heavy atom. The van der Waals surface area contributed by atoms with Crippen LogP contribution in [-0.2, 0) is 9.59 Å². The molecule has 2 atom stereocenters. The first-order valence-electron chi connectivity index (χ1n) is 7.37. The Bertz CT molecular complexity index is 325. The van der Waals surface area contributed by atoms with Crippen molar-refractivity contribution in [3.63, 3.8) is 0 Å². The van der Waals surface area contributed by atoms with E-state index in [9.17, 15) is 14.7 Å². The summed E-state index contributed by atoms with van der Waals surface area (Å²) >= 11 is 0. The van der Waals surface area contributed by atoms with Crippen LogP contribution in [0.1, 0.15) is 53.4 Å². The minimum Gasteiger partial charge on any atom is -0.481 e. The predicted molar refractivity (Wildman–Crippen MR) is 74.8 cm³/mol. The normalized spacial score (nSPS) is 23.7. The van der Waals surface area contributed by atoms with Gasteiger partial charge in [0.05, 0.1) is 11.8 Å². The molecule has 0 bridgehead atoms. The van der Waals surface area contributed by atoms with E-state index in [0.717, 1.165) is 19.3 Å². The fourth-order valence-corrected chi connectivity index (χ4v) is 2.88. The number of carboxylic acids is 1. The van der Waals surface area contributed by atoms with Gasteiger partial charge in [-0.1, -0.05) is 26.7 Å². The van der Waals surface area contributed by atoms with Crippen molar-refractivity contribution in [1.82, 2.24) is 4.90 Å². The Balaban J connectivity index is 2.84. The second kappa shape index (κ2) is 6.92. The number of hydrogen-bond donors (Lipinski definition) is 1. The Hall–Kier alpha value is -1.06. The van der Waals surface area contributed by atoms with Crippen molar-refractivity contribution in [3.05, 3.63) is 0 Å². The second-order valence-electron chi connectivity index (χ2n) is 6.31. The summed E-state index contributed by atoms with van der Waals surface area (Å²) in [5.74, 6) is -1.19. The molecule has 0 unspecified atom stereocenters. The number of carbonyl (C=O) groups excluding carboxylic acids is 1. The van der Waals surface area contributed by atoms with Gasteiger partial charge in [0.15, 0.2) is 0 Å². The van der Waals surface area contributed by atoms with Gasteiger partial charge in [-0.15, -0.1) is 0 Å². The molecule has 4 heteroatoms. The van der Waals surface area contributed by atoms with Gasteiger partial charge in [0.25, 0.3) is 0 Å². The van der Waals surface area contributed by atoms with Gasteiger partial charge in [-0.25, -0.2) is 0 Å². The second-order valence-corrected chi connectivity index (χ2v) is 6.31. The lowest BCUT2D eigenvalue weighted by Crippen LogP contribution is -2.46. The Kier molecular flexibility index (Phi) is 5.83. The highest BCUT2D eigenvalue weighted by molar-refractivity contribution is 5.85. The fraction of sp³-hybridized carbons (Fsp3) is 0.867. The van der Waals surface area contributed by atoms with E-state index in [-0.39, 0.29) is 17.9 Å². The molecular weight excluding hydrogens is 242 g/mol. The molecule has 0 aromatic heterocycles. The number of hydrogen-bond acceptors (Lipinski definition) is 2. The van der Waals surface area contributed by atoms with Gasteiger partial charge in [-0.3, -0.25) is 9.59 Å². The number of amides is 1. The lowest BCUT2D eigenvalue weighted by atomic mass is 9.78. The number of rotatable bonds is 5. The van der Waals surface area contributed by atoms with Gasteiger partial charge in [0.2, 0.25) is 5.91 Å². The van der Waals surface area contributed by atoms with Crippen molar-refractivity contribution in [2.24, 2.45) is 17.8 Å². The molecule has 0 radical (unpaired) electrons. The Morgan fingerprint density at radius 1 is 1.11 bits per heavy atom. The maximum atomic E-state index is 12.7. The summed E-state index contributed by atoms with van der Waals surface area (Å²) in [5.41, 5.74) is 0. The summed E-state index contributed by atoms with van der Waals surface area (Å²) in [6.07, 6.45) is 3.25. The van der Waals surface area contributed by atoms with Crippen LogP contribution in [0.3, 0.4) is 0 Å². The van der Waals surface area contributed by atoms with Crippen LogP contribution in [0.5, 0.6) is 0 Å². The zero-order valence-corrected chi connectivity index (χ0v) is 12.6. The van der Waals surface area contributed by atoms with E-state index in [1.807, 2.05) is 18.7 Å². The van der Waals surface area contributed by atoms with Crippen LogP contribution in [0.25, 0.3) is 0 Å². The highest BCUT2D eigenvalue weighted by Gasteiger charge is 2.38. The molecule has 0 aromatic rings. The highest BCUT2D eigenvalue weighted by atomic mass is 16.4. The lowest BCUT2D eigenvalue weighted by Gasteiger charge is -2.35. The van der Waals surface area contributed by atoms with Crippen molar-refractivity contribution in [3.8, 4) is 0 Å². The molecule has 1 fully saturated rings. The minimum atomic E-state index is -0.814. The average molecular weight is 269 g/mol. The molecule has 1 amide bonds. The Morgan fingerprint density at radius 3 is 2.05 bits per heavy atom. The number of carboxylic acid groups (broad SMARTS) is 1. The molecule has 1 rings (SSSR count). The van der Waals surface area contributed by atoms with E-state index in [1.165, 1.54) is 0 Å². The molecule has 0 heterocycles. The fourth-order valence-electron chi connectivity index (χ4n) is 2.88.